The fourth-order valence-electron chi connectivity index (χ4n) is 2.33. The second-order valence-electron chi connectivity index (χ2n) is 6.79. The van der Waals surface area contributed by atoms with Crippen LogP contribution in [0.5, 0.6) is 0 Å². The number of oxime groups is 6. The van der Waals surface area contributed by atoms with Crippen LogP contribution >= 0.6 is 69.6 Å². The summed E-state index contributed by atoms with van der Waals surface area (Å²) in [4.78, 5) is 0. The van der Waals surface area contributed by atoms with Crippen LogP contribution in [0.25, 0.3) is 0 Å². The summed E-state index contributed by atoms with van der Waals surface area (Å²) in [5, 5.41) is 19.4. The van der Waals surface area contributed by atoms with Gasteiger partial charge >= 0.3 is 33.0 Å². The first kappa shape index (κ1) is 32.3. The summed E-state index contributed by atoms with van der Waals surface area (Å²) in [5.74, 6) is 0. The Bertz CT molecular complexity index is 754. The zero-order valence-electron chi connectivity index (χ0n) is 18.2. The number of fused-ring (bicyclic) bond motifs is 9. The molecule has 21 heteroatoms. The number of halogens is 6. The van der Waals surface area contributed by atoms with Gasteiger partial charge < -0.3 is 28.5 Å². The molecular formula is C14H18B2Cl6N6O6Ru. The third-order valence-corrected chi connectivity index (χ3v) is 5.87. The van der Waals surface area contributed by atoms with E-state index in [1.165, 1.54) is 0 Å². The molecule has 0 saturated carbocycles. The third-order valence-electron chi connectivity index (χ3n) is 4.09. The Balaban J connectivity index is 0.00000612. The number of hydrogen-bond acceptors (Lipinski definition) is 12. The van der Waals surface area contributed by atoms with Crippen molar-refractivity contribution in [1.82, 2.24) is 0 Å². The molecule has 3 heterocycles. The van der Waals surface area contributed by atoms with Gasteiger partial charge in [-0.25, -0.2) is 0 Å². The summed E-state index contributed by atoms with van der Waals surface area (Å²) in [6.07, 6.45) is 2.48. The molecule has 3 aliphatic heterocycles. The van der Waals surface area contributed by atoms with Gasteiger partial charge in [0.2, 0.25) is 31.0 Å². The molecule has 3 rings (SSSR count). The molecule has 0 aromatic rings. The van der Waals surface area contributed by atoms with E-state index in [1.54, 1.807) is 0 Å². The maximum Gasteiger partial charge on any atom is 2.00 e. The molecule has 0 aromatic carbocycles. The van der Waals surface area contributed by atoms with Gasteiger partial charge in [0.05, 0.1) is 0 Å². The molecule has 12 nitrogen and oxygen atoms in total. The van der Waals surface area contributed by atoms with Gasteiger partial charge in [-0.05, 0) is 0 Å². The van der Waals surface area contributed by atoms with E-state index in [9.17, 15) is 0 Å². The van der Waals surface area contributed by atoms with Crippen LogP contribution < -0.4 is 0 Å². The minimum atomic E-state index is -2.97. The quantitative estimate of drug-likeness (QED) is 0.317. The topological polar surface area (TPSA) is 130 Å². The Morgan fingerprint density at radius 3 is 0.857 bits per heavy atom. The van der Waals surface area contributed by atoms with E-state index in [4.69, 9.17) is 98.1 Å². The van der Waals surface area contributed by atoms with Crippen molar-refractivity contribution >= 4 is 114 Å². The van der Waals surface area contributed by atoms with Crippen molar-refractivity contribution < 1.29 is 48.0 Å². The van der Waals surface area contributed by atoms with E-state index in [1.807, 2.05) is 13.8 Å². The molecule has 0 spiro atoms. The van der Waals surface area contributed by atoms with Crippen molar-refractivity contribution in [3.05, 3.63) is 0 Å². The Hall–Kier alpha value is -0.687. The van der Waals surface area contributed by atoms with Crippen molar-refractivity contribution in [2.24, 2.45) is 30.9 Å². The smallest absolute Gasteiger partial charge is 0.539 e. The molecular weight excluding hydrogens is 684 g/mol. The van der Waals surface area contributed by atoms with Gasteiger partial charge in [-0.15, -0.1) is 30.9 Å². The van der Waals surface area contributed by atoms with E-state index in [0.717, 1.165) is 0 Å². The molecule has 0 amide bonds. The average Bonchev–Trinajstić information content (AvgIpc) is 2.84. The molecule has 0 radical (unpaired) electrons. The standard InChI is InChI=1S/C14H18B2Cl6N6O6.Ru/c1-3-5-7-15-29-23-9(17)12(20)26-32-16(8-6-4-2,33-27-13(21)10(18)24-30-15)34-28-14(22)11(19)25-31-15;/h3-8H2,1-2H3;/q-2;+2/b23-9-,24-10-,25-11-,26-12-,27-13-,28-14-;. The van der Waals surface area contributed by atoms with Gasteiger partial charge in [0, 0.05) is 0 Å². The first-order valence-corrected chi connectivity index (χ1v) is 12.2. The molecule has 0 aliphatic carbocycles. The second kappa shape index (κ2) is 15.5. The predicted octanol–water partition coefficient (Wildman–Crippen LogP) is 5.90. The fraction of sp³-hybridized carbons (Fsp3) is 0.571. The van der Waals surface area contributed by atoms with Gasteiger partial charge in [0.1, 0.15) is 0 Å². The van der Waals surface area contributed by atoms with Crippen molar-refractivity contribution in [1.29, 1.82) is 0 Å². The summed E-state index contributed by atoms with van der Waals surface area (Å²) >= 11 is 36.5. The van der Waals surface area contributed by atoms with E-state index < -0.39 is 44.5 Å². The van der Waals surface area contributed by atoms with Gasteiger partial charge in [0.15, 0.2) is 0 Å². The Morgan fingerprint density at radius 2 is 0.686 bits per heavy atom. The van der Waals surface area contributed by atoms with Crippen LogP contribution in [0, 0.1) is 0 Å². The average molecular weight is 702 g/mol. The Morgan fingerprint density at radius 1 is 0.486 bits per heavy atom. The summed E-state index contributed by atoms with van der Waals surface area (Å²) in [6.45, 7) is -2.15. The molecule has 0 fully saturated rings. The normalized spacial score (nSPS) is 34.3. The van der Waals surface area contributed by atoms with Crippen molar-refractivity contribution in [3.8, 4) is 0 Å². The SMILES string of the molecule is CCCC[B-]12O/N=C(Cl)/C(Cl)=N/O[B-](CCCC)(O/N=C(Cl)/C(Cl)=N/O1)O/N=C(Cl)/C(Cl)=N/O2.[Ru+2]. The Labute approximate surface area is 243 Å². The maximum absolute atomic E-state index is 6.08. The summed E-state index contributed by atoms with van der Waals surface area (Å²) in [7, 11) is 0. The van der Waals surface area contributed by atoms with E-state index in [0.29, 0.717) is 25.7 Å². The number of rotatable bonds is 6. The van der Waals surface area contributed by atoms with Crippen LogP contribution in [0.2, 0.25) is 12.6 Å². The largest absolute Gasteiger partial charge is 2.00 e. The van der Waals surface area contributed by atoms with E-state index in [2.05, 4.69) is 30.9 Å². The Kier molecular flexibility index (Phi) is 14.4. The third kappa shape index (κ3) is 9.94. The monoisotopic (exact) mass is 700 g/mol. The molecule has 35 heavy (non-hydrogen) atoms. The summed E-state index contributed by atoms with van der Waals surface area (Å²) in [6, 6.07) is 0. The van der Waals surface area contributed by atoms with Gasteiger partial charge in [-0.3, -0.25) is 0 Å². The first-order chi connectivity index (χ1) is 16.2. The summed E-state index contributed by atoms with van der Waals surface area (Å²) < 4.78 is 32.4. The van der Waals surface area contributed by atoms with Gasteiger partial charge in [-0.1, -0.05) is 122 Å². The summed E-state index contributed by atoms with van der Waals surface area (Å²) in [5.41, 5.74) is 0. The number of nitrogens with zero attached hydrogens (tertiary/aromatic N) is 6. The van der Waals surface area contributed by atoms with Crippen molar-refractivity contribution in [2.75, 3.05) is 0 Å². The van der Waals surface area contributed by atoms with Crippen LogP contribution in [-0.2, 0) is 48.0 Å². The van der Waals surface area contributed by atoms with Crippen LogP contribution in [-0.4, -0.2) is 44.5 Å². The predicted molar refractivity (Wildman–Crippen MR) is 137 cm³/mol. The molecule has 0 saturated heterocycles. The molecule has 3 aliphatic rings. The van der Waals surface area contributed by atoms with Crippen LogP contribution in [0.4, 0.5) is 0 Å². The molecule has 196 valence electrons. The van der Waals surface area contributed by atoms with Gasteiger partial charge in [-0.2, -0.15) is 0 Å². The zero-order valence-corrected chi connectivity index (χ0v) is 24.4. The van der Waals surface area contributed by atoms with E-state index in [-0.39, 0.29) is 32.1 Å². The fourth-order valence-corrected chi connectivity index (χ4v) is 2.77. The molecule has 0 aromatic heterocycles. The van der Waals surface area contributed by atoms with Crippen LogP contribution in [0.3, 0.4) is 0 Å². The van der Waals surface area contributed by atoms with Gasteiger partial charge in [0.25, 0.3) is 0 Å². The minimum Gasteiger partial charge on any atom is -0.539 e. The first-order valence-electron chi connectivity index (χ1n) is 9.97. The van der Waals surface area contributed by atoms with E-state index >= 15 is 0 Å². The van der Waals surface area contributed by atoms with Crippen molar-refractivity contribution in [2.45, 2.75) is 52.2 Å². The van der Waals surface area contributed by atoms with Crippen LogP contribution in [0.15, 0.2) is 30.9 Å². The molecule has 0 unspecified atom stereocenters. The minimum absolute atomic E-state index is 0. The molecule has 0 atom stereocenters. The maximum atomic E-state index is 6.08. The van der Waals surface area contributed by atoms with Crippen LogP contribution in [0.1, 0.15) is 39.5 Å². The zero-order chi connectivity index (χ0) is 25.2. The second-order valence-corrected chi connectivity index (χ2v) is 8.93. The molecule has 0 N–H and O–H groups in total. The van der Waals surface area contributed by atoms with Crippen molar-refractivity contribution in [3.63, 3.8) is 0 Å². The number of unbranched alkanes of at least 4 members (excludes halogenated alkanes) is 2. The molecule has 2 bridgehead atoms. The number of hydrogen-bond donors (Lipinski definition) is 0.